The molecule has 90 valence electrons. The van der Waals surface area contributed by atoms with E-state index in [1.165, 1.54) is 0 Å². The van der Waals surface area contributed by atoms with Gasteiger partial charge in [0.05, 0.1) is 0 Å². The van der Waals surface area contributed by atoms with Crippen molar-refractivity contribution in [1.82, 2.24) is 0 Å². The quantitative estimate of drug-likeness (QED) is 0.567. The lowest BCUT2D eigenvalue weighted by Gasteiger charge is -2.48. The molecule has 4 aliphatic carbocycles. The molecule has 0 heterocycles. The highest BCUT2D eigenvalue weighted by Gasteiger charge is 2.65. The Morgan fingerprint density at radius 1 is 0.812 bits per heavy atom. The summed E-state index contributed by atoms with van der Waals surface area (Å²) < 4.78 is 0. The SMILES string of the molecule is CC1C2CC(C1C)C1(CC3CC1[C@H](C)C3)C2. The Labute approximate surface area is 100 Å². The van der Waals surface area contributed by atoms with E-state index in [0.717, 1.165) is 46.8 Å². The van der Waals surface area contributed by atoms with Crippen molar-refractivity contribution in [3.8, 4) is 0 Å². The summed E-state index contributed by atoms with van der Waals surface area (Å²) in [6.07, 6.45) is 8.01. The van der Waals surface area contributed by atoms with Crippen molar-refractivity contribution in [3.63, 3.8) is 0 Å². The highest BCUT2D eigenvalue weighted by molar-refractivity contribution is 5.14. The molecule has 0 aromatic heterocycles. The standard InChI is InChI=1S/C16H26/c1-9-4-12-5-14(9)16(7-12)8-13-6-15(16)11(3)10(13)2/h9-15H,4-8H2,1-3H3/t9-,10?,11?,12?,13?,14?,15?,16?/m1/s1. The van der Waals surface area contributed by atoms with Crippen LogP contribution in [-0.4, -0.2) is 0 Å². The fourth-order valence-corrected chi connectivity index (χ4v) is 6.91. The molecule has 0 radical (unpaired) electrons. The predicted octanol–water partition coefficient (Wildman–Crippen LogP) is 4.35. The third-order valence-electron chi connectivity index (χ3n) is 7.53. The number of hydrogen-bond acceptors (Lipinski definition) is 0. The van der Waals surface area contributed by atoms with E-state index in [2.05, 4.69) is 20.8 Å². The fraction of sp³-hybridized carbons (Fsp3) is 1.00. The maximum atomic E-state index is 2.56. The Hall–Kier alpha value is 0. The van der Waals surface area contributed by atoms with Gasteiger partial charge in [-0.05, 0) is 78.9 Å². The molecule has 0 heteroatoms. The minimum atomic E-state index is 0.846. The number of fused-ring (bicyclic) bond motifs is 6. The molecule has 0 N–H and O–H groups in total. The fourth-order valence-electron chi connectivity index (χ4n) is 6.91. The average Bonchev–Trinajstić information content (AvgIpc) is 2.92. The van der Waals surface area contributed by atoms with Crippen LogP contribution in [0.3, 0.4) is 0 Å². The lowest BCUT2D eigenvalue weighted by Crippen LogP contribution is -2.41. The summed E-state index contributed by atoms with van der Waals surface area (Å²) in [5.41, 5.74) is 0.846. The molecule has 0 nitrogen and oxygen atoms in total. The third-order valence-corrected chi connectivity index (χ3v) is 7.53. The maximum Gasteiger partial charge on any atom is -0.0230 e. The van der Waals surface area contributed by atoms with Gasteiger partial charge in [-0.25, -0.2) is 0 Å². The minimum absolute atomic E-state index is 0.846. The molecule has 4 saturated carbocycles. The lowest BCUT2D eigenvalue weighted by atomic mass is 9.57. The van der Waals surface area contributed by atoms with E-state index in [-0.39, 0.29) is 0 Å². The molecule has 1 spiro atoms. The highest BCUT2D eigenvalue weighted by atomic mass is 14.7. The van der Waals surface area contributed by atoms with E-state index < -0.39 is 0 Å². The summed E-state index contributed by atoms with van der Waals surface area (Å²) in [4.78, 5) is 0. The van der Waals surface area contributed by atoms with Crippen molar-refractivity contribution in [2.75, 3.05) is 0 Å². The van der Waals surface area contributed by atoms with Crippen LogP contribution < -0.4 is 0 Å². The monoisotopic (exact) mass is 218 g/mol. The molecule has 8 atom stereocenters. The average molecular weight is 218 g/mol. The molecule has 4 fully saturated rings. The van der Waals surface area contributed by atoms with Crippen molar-refractivity contribution in [1.29, 1.82) is 0 Å². The predicted molar refractivity (Wildman–Crippen MR) is 67.0 cm³/mol. The molecular formula is C16H26. The van der Waals surface area contributed by atoms with E-state index in [1.54, 1.807) is 32.1 Å². The summed E-state index contributed by atoms with van der Waals surface area (Å²) in [7, 11) is 0. The molecule has 0 saturated heterocycles. The topological polar surface area (TPSA) is 0 Å². The van der Waals surface area contributed by atoms with Crippen LogP contribution in [0.1, 0.15) is 52.9 Å². The lowest BCUT2D eigenvalue weighted by molar-refractivity contribution is 0.00533. The van der Waals surface area contributed by atoms with Gasteiger partial charge < -0.3 is 0 Å². The molecule has 0 aliphatic heterocycles. The summed E-state index contributed by atoms with van der Waals surface area (Å²) >= 11 is 0. The van der Waals surface area contributed by atoms with Crippen molar-refractivity contribution >= 4 is 0 Å². The van der Waals surface area contributed by atoms with Gasteiger partial charge in [-0.3, -0.25) is 0 Å². The molecule has 4 rings (SSSR count). The van der Waals surface area contributed by atoms with Gasteiger partial charge in [0.15, 0.2) is 0 Å². The van der Waals surface area contributed by atoms with Crippen molar-refractivity contribution < 1.29 is 0 Å². The molecule has 0 aromatic carbocycles. The second kappa shape index (κ2) is 2.87. The van der Waals surface area contributed by atoms with Gasteiger partial charge in [-0.1, -0.05) is 20.8 Å². The highest BCUT2D eigenvalue weighted by Crippen LogP contribution is 2.73. The van der Waals surface area contributed by atoms with E-state index in [1.807, 2.05) is 0 Å². The van der Waals surface area contributed by atoms with Crippen LogP contribution in [0.15, 0.2) is 0 Å². The van der Waals surface area contributed by atoms with Crippen LogP contribution >= 0.6 is 0 Å². The Balaban J connectivity index is 1.70. The van der Waals surface area contributed by atoms with Crippen LogP contribution in [0.4, 0.5) is 0 Å². The van der Waals surface area contributed by atoms with Crippen LogP contribution in [0, 0.1) is 46.8 Å². The van der Waals surface area contributed by atoms with E-state index in [4.69, 9.17) is 0 Å². The number of rotatable bonds is 0. The van der Waals surface area contributed by atoms with Crippen LogP contribution in [0.2, 0.25) is 0 Å². The third kappa shape index (κ3) is 0.946. The zero-order chi connectivity index (χ0) is 11.1. The molecular weight excluding hydrogens is 192 g/mol. The normalized spacial score (nSPS) is 67.3. The second-order valence-electron chi connectivity index (χ2n) is 7.88. The molecule has 0 aromatic rings. The molecule has 0 amide bonds. The van der Waals surface area contributed by atoms with Gasteiger partial charge >= 0.3 is 0 Å². The first-order chi connectivity index (χ1) is 7.62. The van der Waals surface area contributed by atoms with Crippen LogP contribution in [0.5, 0.6) is 0 Å². The first-order valence-electron chi connectivity index (χ1n) is 7.62. The van der Waals surface area contributed by atoms with E-state index in [9.17, 15) is 0 Å². The van der Waals surface area contributed by atoms with Gasteiger partial charge in [0.25, 0.3) is 0 Å². The Morgan fingerprint density at radius 3 is 2.19 bits per heavy atom. The Kier molecular flexibility index (Phi) is 1.79. The van der Waals surface area contributed by atoms with Crippen LogP contribution in [0.25, 0.3) is 0 Å². The summed E-state index contributed by atoms with van der Waals surface area (Å²) in [5.74, 6) is 7.59. The van der Waals surface area contributed by atoms with Gasteiger partial charge in [0.2, 0.25) is 0 Å². The second-order valence-corrected chi connectivity index (χ2v) is 7.88. The first-order valence-corrected chi connectivity index (χ1v) is 7.62. The summed E-state index contributed by atoms with van der Waals surface area (Å²) in [6.45, 7) is 7.64. The maximum absolute atomic E-state index is 2.56. The van der Waals surface area contributed by atoms with Crippen molar-refractivity contribution in [2.24, 2.45) is 46.8 Å². The zero-order valence-corrected chi connectivity index (χ0v) is 11.1. The smallest absolute Gasteiger partial charge is 0.0230 e. The van der Waals surface area contributed by atoms with Crippen LogP contribution in [-0.2, 0) is 0 Å². The molecule has 16 heavy (non-hydrogen) atoms. The number of hydrogen-bond donors (Lipinski definition) is 0. The first kappa shape index (κ1) is 9.97. The van der Waals surface area contributed by atoms with E-state index in [0.29, 0.717) is 0 Å². The van der Waals surface area contributed by atoms with Crippen molar-refractivity contribution in [2.45, 2.75) is 52.9 Å². The van der Waals surface area contributed by atoms with Crippen molar-refractivity contribution in [3.05, 3.63) is 0 Å². The Bertz CT molecular complexity index is 318. The van der Waals surface area contributed by atoms with Gasteiger partial charge in [-0.15, -0.1) is 0 Å². The molecule has 4 aliphatic rings. The zero-order valence-electron chi connectivity index (χ0n) is 11.1. The Morgan fingerprint density at radius 2 is 1.62 bits per heavy atom. The summed E-state index contributed by atoms with van der Waals surface area (Å²) in [6, 6.07) is 0. The molecule has 4 bridgehead atoms. The minimum Gasteiger partial charge on any atom is -0.0622 e. The van der Waals surface area contributed by atoms with Gasteiger partial charge in [0.1, 0.15) is 0 Å². The van der Waals surface area contributed by atoms with Gasteiger partial charge in [-0.2, -0.15) is 0 Å². The van der Waals surface area contributed by atoms with Gasteiger partial charge in [0, 0.05) is 0 Å². The van der Waals surface area contributed by atoms with E-state index >= 15 is 0 Å². The molecule has 7 unspecified atom stereocenters. The summed E-state index contributed by atoms with van der Waals surface area (Å²) in [5, 5.41) is 0. The largest absolute Gasteiger partial charge is 0.0622 e.